The molecule has 20 heavy (non-hydrogen) atoms. The van der Waals surface area contributed by atoms with Crippen LogP contribution in [0.4, 0.5) is 0 Å². The fourth-order valence-corrected chi connectivity index (χ4v) is 2.84. The molecule has 0 aliphatic rings. The number of nitrogens with zero attached hydrogens (tertiary/aromatic N) is 2. The van der Waals surface area contributed by atoms with Gasteiger partial charge in [-0.25, -0.2) is 9.97 Å². The molecule has 0 unspecified atom stereocenters. The van der Waals surface area contributed by atoms with Crippen molar-refractivity contribution in [1.82, 2.24) is 9.97 Å². The average Bonchev–Trinajstić information content (AvgIpc) is 2.43. The van der Waals surface area contributed by atoms with E-state index in [0.717, 1.165) is 34.5 Å². The van der Waals surface area contributed by atoms with E-state index in [-0.39, 0.29) is 11.3 Å². The molecule has 0 fully saturated rings. The average molecular weight is 288 g/mol. The minimum absolute atomic E-state index is 0.214. The lowest BCUT2D eigenvalue weighted by molar-refractivity contribution is 0.464. The van der Waals surface area contributed by atoms with Gasteiger partial charge in [-0.05, 0) is 24.7 Å². The summed E-state index contributed by atoms with van der Waals surface area (Å²) >= 11 is 1.74. The molecule has 0 radical (unpaired) electrons. The first-order valence-electron chi connectivity index (χ1n) is 6.68. The van der Waals surface area contributed by atoms with E-state index in [2.05, 4.69) is 16.0 Å². The van der Waals surface area contributed by atoms with Crippen LogP contribution in [0.15, 0.2) is 35.6 Å². The highest BCUT2D eigenvalue weighted by Gasteiger charge is 2.20. The smallest absolute Gasteiger partial charge is 0.117 e. The van der Waals surface area contributed by atoms with Gasteiger partial charge in [-0.15, -0.1) is 11.8 Å². The molecule has 2 aromatic rings. The molecular weight excluding hydrogens is 268 g/mol. The summed E-state index contributed by atoms with van der Waals surface area (Å²) in [6, 6.07) is 8.05. The van der Waals surface area contributed by atoms with Crippen LogP contribution >= 0.6 is 11.8 Å². The fourth-order valence-electron chi connectivity index (χ4n) is 1.91. The van der Waals surface area contributed by atoms with E-state index >= 15 is 0 Å². The van der Waals surface area contributed by atoms with Gasteiger partial charge in [0, 0.05) is 10.8 Å². The second-order valence-electron chi connectivity index (χ2n) is 5.45. The maximum absolute atomic E-state index is 7.55. The maximum Gasteiger partial charge on any atom is 0.117 e. The second-order valence-corrected chi connectivity index (χ2v) is 6.53. The summed E-state index contributed by atoms with van der Waals surface area (Å²) in [5, 5.41) is 9.68. The van der Waals surface area contributed by atoms with Crippen molar-refractivity contribution in [1.29, 1.82) is 5.41 Å². The number of aromatic nitrogens is 2. The SMILES string of the molecule is CC(C)(CCCSc1ncnc2ccccc12)C(=N)N. The summed E-state index contributed by atoms with van der Waals surface area (Å²) in [6.07, 6.45) is 3.54. The summed E-state index contributed by atoms with van der Waals surface area (Å²) < 4.78 is 0. The topological polar surface area (TPSA) is 75.7 Å². The predicted molar refractivity (Wildman–Crippen MR) is 85.2 cm³/mol. The summed E-state index contributed by atoms with van der Waals surface area (Å²) in [4.78, 5) is 8.62. The van der Waals surface area contributed by atoms with Crippen LogP contribution in [0.5, 0.6) is 0 Å². The molecule has 106 valence electrons. The molecule has 1 heterocycles. The van der Waals surface area contributed by atoms with Gasteiger partial charge in [-0.1, -0.05) is 32.0 Å². The van der Waals surface area contributed by atoms with Gasteiger partial charge in [0.05, 0.1) is 11.4 Å². The lowest BCUT2D eigenvalue weighted by Crippen LogP contribution is -2.30. The van der Waals surface area contributed by atoms with Crippen molar-refractivity contribution < 1.29 is 0 Å². The van der Waals surface area contributed by atoms with E-state index in [0.29, 0.717) is 0 Å². The summed E-state index contributed by atoms with van der Waals surface area (Å²) in [5.74, 6) is 1.23. The van der Waals surface area contributed by atoms with Crippen molar-refractivity contribution >= 4 is 28.5 Å². The van der Waals surface area contributed by atoms with Gasteiger partial charge in [0.2, 0.25) is 0 Å². The van der Waals surface area contributed by atoms with Crippen molar-refractivity contribution in [3.05, 3.63) is 30.6 Å². The van der Waals surface area contributed by atoms with Gasteiger partial charge in [0.15, 0.2) is 0 Å². The van der Waals surface area contributed by atoms with Crippen LogP contribution < -0.4 is 5.73 Å². The van der Waals surface area contributed by atoms with E-state index in [1.165, 1.54) is 0 Å². The van der Waals surface area contributed by atoms with Gasteiger partial charge in [0.25, 0.3) is 0 Å². The Balaban J connectivity index is 1.95. The van der Waals surface area contributed by atoms with Gasteiger partial charge in [-0.3, -0.25) is 5.41 Å². The summed E-state index contributed by atoms with van der Waals surface area (Å²) in [5.41, 5.74) is 6.36. The third-order valence-electron chi connectivity index (χ3n) is 3.42. The zero-order valence-corrected chi connectivity index (χ0v) is 12.7. The highest BCUT2D eigenvalue weighted by molar-refractivity contribution is 7.99. The molecule has 0 amide bonds. The van der Waals surface area contributed by atoms with Crippen LogP contribution in [0.2, 0.25) is 0 Å². The van der Waals surface area contributed by atoms with Gasteiger partial charge in [0.1, 0.15) is 11.4 Å². The number of hydrogen-bond acceptors (Lipinski definition) is 4. The van der Waals surface area contributed by atoms with Crippen molar-refractivity contribution in [2.45, 2.75) is 31.7 Å². The molecule has 0 atom stereocenters. The molecule has 5 heteroatoms. The van der Waals surface area contributed by atoms with Crippen molar-refractivity contribution in [3.63, 3.8) is 0 Å². The second kappa shape index (κ2) is 6.22. The van der Waals surface area contributed by atoms with E-state index < -0.39 is 0 Å². The van der Waals surface area contributed by atoms with E-state index in [1.54, 1.807) is 18.1 Å². The van der Waals surface area contributed by atoms with Crippen molar-refractivity contribution in [2.24, 2.45) is 11.1 Å². The first-order chi connectivity index (χ1) is 9.50. The van der Waals surface area contributed by atoms with Crippen LogP contribution in [0.3, 0.4) is 0 Å². The Morgan fingerprint density at radius 2 is 2.05 bits per heavy atom. The predicted octanol–water partition coefficient (Wildman–Crippen LogP) is 3.46. The maximum atomic E-state index is 7.55. The monoisotopic (exact) mass is 288 g/mol. The molecule has 1 aromatic carbocycles. The Kier molecular flexibility index (Phi) is 4.60. The molecule has 2 rings (SSSR count). The number of fused-ring (bicyclic) bond motifs is 1. The quantitative estimate of drug-likeness (QED) is 0.280. The standard InChI is InChI=1S/C15H20N4S/c1-15(2,14(16)17)8-5-9-20-13-11-6-3-4-7-12(11)18-10-19-13/h3-4,6-7,10H,5,8-9H2,1-2H3,(H3,16,17). The Morgan fingerprint density at radius 1 is 1.30 bits per heavy atom. The zero-order valence-electron chi connectivity index (χ0n) is 11.9. The first kappa shape index (κ1) is 14.8. The number of nitrogens with two attached hydrogens (primary N) is 1. The Morgan fingerprint density at radius 3 is 2.80 bits per heavy atom. The van der Waals surface area contributed by atoms with Crippen LogP contribution in [0, 0.1) is 10.8 Å². The van der Waals surface area contributed by atoms with Gasteiger partial charge in [-0.2, -0.15) is 0 Å². The number of thioether (sulfide) groups is 1. The zero-order chi connectivity index (χ0) is 14.6. The molecule has 3 N–H and O–H groups in total. The summed E-state index contributed by atoms with van der Waals surface area (Å²) in [6.45, 7) is 4.03. The number of para-hydroxylation sites is 1. The Hall–Kier alpha value is -1.62. The molecule has 1 aromatic heterocycles. The van der Waals surface area contributed by atoms with E-state index in [9.17, 15) is 0 Å². The normalized spacial score (nSPS) is 11.7. The fraction of sp³-hybridized carbons (Fsp3) is 0.400. The number of rotatable bonds is 6. The molecule has 0 spiro atoms. The largest absolute Gasteiger partial charge is 0.387 e. The number of hydrogen-bond donors (Lipinski definition) is 2. The molecular formula is C15H20N4S. The van der Waals surface area contributed by atoms with E-state index in [1.807, 2.05) is 32.0 Å². The first-order valence-corrected chi connectivity index (χ1v) is 7.66. The van der Waals surface area contributed by atoms with Crippen molar-refractivity contribution in [2.75, 3.05) is 5.75 Å². The minimum Gasteiger partial charge on any atom is -0.387 e. The highest BCUT2D eigenvalue weighted by Crippen LogP contribution is 2.27. The Labute approximate surface area is 123 Å². The third kappa shape index (κ3) is 3.48. The van der Waals surface area contributed by atoms with Crippen LogP contribution in [-0.2, 0) is 0 Å². The van der Waals surface area contributed by atoms with Gasteiger partial charge < -0.3 is 5.73 Å². The Bertz CT molecular complexity index is 604. The number of amidine groups is 1. The lowest BCUT2D eigenvalue weighted by atomic mass is 9.87. The molecule has 0 bridgehead atoms. The molecule has 0 aliphatic carbocycles. The van der Waals surface area contributed by atoms with Crippen molar-refractivity contribution in [3.8, 4) is 0 Å². The number of nitrogens with one attached hydrogen (secondary N) is 1. The van der Waals surface area contributed by atoms with Gasteiger partial charge >= 0.3 is 0 Å². The highest BCUT2D eigenvalue weighted by atomic mass is 32.2. The molecule has 0 saturated heterocycles. The lowest BCUT2D eigenvalue weighted by Gasteiger charge is -2.22. The van der Waals surface area contributed by atoms with E-state index in [4.69, 9.17) is 11.1 Å². The third-order valence-corrected chi connectivity index (χ3v) is 4.51. The molecule has 4 nitrogen and oxygen atoms in total. The van der Waals surface area contributed by atoms with Crippen LogP contribution in [-0.4, -0.2) is 21.6 Å². The molecule has 0 saturated carbocycles. The molecule has 0 aliphatic heterocycles. The number of benzene rings is 1. The minimum atomic E-state index is -0.214. The van der Waals surface area contributed by atoms with Crippen LogP contribution in [0.1, 0.15) is 26.7 Å². The summed E-state index contributed by atoms with van der Waals surface area (Å²) in [7, 11) is 0. The van der Waals surface area contributed by atoms with Crippen LogP contribution in [0.25, 0.3) is 10.9 Å².